The number of rotatable bonds is 8. The molecule has 1 aromatic rings. The SMILES string of the molecule is CC(C)CCOc1ccc(CNCC(C)C(C)(C)C)cc1. The molecule has 1 N–H and O–H groups in total. The Labute approximate surface area is 131 Å². The highest BCUT2D eigenvalue weighted by Gasteiger charge is 2.18. The maximum atomic E-state index is 5.74. The summed E-state index contributed by atoms with van der Waals surface area (Å²) < 4.78 is 5.74. The summed E-state index contributed by atoms with van der Waals surface area (Å²) in [6.45, 7) is 16.4. The first-order valence-electron chi connectivity index (χ1n) is 8.21. The van der Waals surface area contributed by atoms with Gasteiger partial charge in [0.25, 0.3) is 0 Å². The van der Waals surface area contributed by atoms with Crippen molar-refractivity contribution >= 4 is 0 Å². The minimum Gasteiger partial charge on any atom is -0.494 e. The van der Waals surface area contributed by atoms with Gasteiger partial charge in [-0.2, -0.15) is 0 Å². The van der Waals surface area contributed by atoms with Gasteiger partial charge in [0.05, 0.1) is 6.61 Å². The summed E-state index contributed by atoms with van der Waals surface area (Å²) in [5.74, 6) is 2.33. The van der Waals surface area contributed by atoms with Gasteiger partial charge in [0.1, 0.15) is 5.75 Å². The van der Waals surface area contributed by atoms with Gasteiger partial charge in [-0.15, -0.1) is 0 Å². The van der Waals surface area contributed by atoms with Crippen molar-refractivity contribution in [2.75, 3.05) is 13.2 Å². The lowest BCUT2D eigenvalue weighted by Gasteiger charge is -2.27. The van der Waals surface area contributed by atoms with Gasteiger partial charge in [-0.25, -0.2) is 0 Å². The minimum atomic E-state index is 0.362. The number of hydrogen-bond acceptors (Lipinski definition) is 2. The van der Waals surface area contributed by atoms with Crippen LogP contribution in [0.4, 0.5) is 0 Å². The van der Waals surface area contributed by atoms with Gasteiger partial charge < -0.3 is 10.1 Å². The molecule has 0 saturated heterocycles. The molecule has 2 nitrogen and oxygen atoms in total. The van der Waals surface area contributed by atoms with Crippen LogP contribution in [-0.2, 0) is 6.54 Å². The Kier molecular flexibility index (Phi) is 7.24. The Morgan fingerprint density at radius 1 is 1.05 bits per heavy atom. The smallest absolute Gasteiger partial charge is 0.119 e. The lowest BCUT2D eigenvalue weighted by Crippen LogP contribution is -2.29. The molecule has 1 rings (SSSR count). The molecule has 0 amide bonds. The molecule has 0 heterocycles. The van der Waals surface area contributed by atoms with Gasteiger partial charge >= 0.3 is 0 Å². The van der Waals surface area contributed by atoms with Crippen LogP contribution in [0, 0.1) is 17.3 Å². The van der Waals surface area contributed by atoms with E-state index in [2.05, 4.69) is 71.1 Å². The summed E-state index contributed by atoms with van der Waals surface area (Å²) in [5, 5.41) is 3.54. The quantitative estimate of drug-likeness (QED) is 0.737. The fourth-order valence-corrected chi connectivity index (χ4v) is 1.86. The lowest BCUT2D eigenvalue weighted by atomic mass is 9.82. The second-order valence-corrected chi connectivity index (χ2v) is 7.57. The molecule has 0 aromatic heterocycles. The topological polar surface area (TPSA) is 21.3 Å². The predicted octanol–water partition coefficient (Wildman–Crippen LogP) is 4.88. The van der Waals surface area contributed by atoms with Gasteiger partial charge in [-0.05, 0) is 47.9 Å². The van der Waals surface area contributed by atoms with Crippen molar-refractivity contribution in [3.63, 3.8) is 0 Å². The standard InChI is InChI=1S/C19H33NO/c1-15(2)11-12-21-18-9-7-17(8-10-18)14-20-13-16(3)19(4,5)6/h7-10,15-16,20H,11-14H2,1-6H3. The van der Waals surface area contributed by atoms with Crippen molar-refractivity contribution in [1.29, 1.82) is 0 Å². The summed E-state index contributed by atoms with van der Waals surface area (Å²) in [6, 6.07) is 8.45. The van der Waals surface area contributed by atoms with E-state index in [1.54, 1.807) is 0 Å². The molecule has 0 aliphatic heterocycles. The zero-order chi connectivity index (χ0) is 15.9. The van der Waals surface area contributed by atoms with Crippen LogP contribution in [0.5, 0.6) is 5.75 Å². The van der Waals surface area contributed by atoms with E-state index in [0.717, 1.165) is 31.9 Å². The number of benzene rings is 1. The summed E-state index contributed by atoms with van der Waals surface area (Å²) in [6.07, 6.45) is 1.11. The highest BCUT2D eigenvalue weighted by atomic mass is 16.5. The third-order valence-corrected chi connectivity index (χ3v) is 4.15. The summed E-state index contributed by atoms with van der Waals surface area (Å²) in [7, 11) is 0. The van der Waals surface area contributed by atoms with Crippen LogP contribution in [0.3, 0.4) is 0 Å². The first-order chi connectivity index (χ1) is 9.79. The van der Waals surface area contributed by atoms with E-state index in [0.29, 0.717) is 17.3 Å². The van der Waals surface area contributed by atoms with Gasteiger partial charge in [0, 0.05) is 6.54 Å². The maximum absolute atomic E-state index is 5.74. The van der Waals surface area contributed by atoms with Gasteiger partial charge in [0.2, 0.25) is 0 Å². The second kappa shape index (κ2) is 8.43. The fraction of sp³-hybridized carbons (Fsp3) is 0.684. The molecule has 120 valence electrons. The number of ether oxygens (including phenoxy) is 1. The van der Waals surface area contributed by atoms with Crippen molar-refractivity contribution in [1.82, 2.24) is 5.32 Å². The summed E-state index contributed by atoms with van der Waals surface area (Å²) in [4.78, 5) is 0. The molecule has 0 fully saturated rings. The first-order valence-corrected chi connectivity index (χ1v) is 8.21. The Morgan fingerprint density at radius 2 is 1.67 bits per heavy atom. The van der Waals surface area contributed by atoms with Crippen molar-refractivity contribution in [2.45, 2.75) is 54.5 Å². The lowest BCUT2D eigenvalue weighted by molar-refractivity contribution is 0.252. The Morgan fingerprint density at radius 3 is 2.19 bits per heavy atom. The van der Waals surface area contributed by atoms with Crippen molar-refractivity contribution in [3.05, 3.63) is 29.8 Å². The van der Waals surface area contributed by atoms with E-state index in [-0.39, 0.29) is 0 Å². The molecule has 2 heteroatoms. The van der Waals surface area contributed by atoms with E-state index in [9.17, 15) is 0 Å². The molecule has 0 aliphatic rings. The highest BCUT2D eigenvalue weighted by Crippen LogP contribution is 2.24. The second-order valence-electron chi connectivity index (χ2n) is 7.57. The zero-order valence-corrected chi connectivity index (χ0v) is 14.7. The summed E-state index contributed by atoms with van der Waals surface area (Å²) in [5.41, 5.74) is 1.67. The van der Waals surface area contributed by atoms with Crippen LogP contribution in [0.2, 0.25) is 0 Å². The fourth-order valence-electron chi connectivity index (χ4n) is 1.86. The minimum absolute atomic E-state index is 0.362. The normalized spacial score (nSPS) is 13.5. The van der Waals surface area contributed by atoms with Crippen LogP contribution >= 0.6 is 0 Å². The monoisotopic (exact) mass is 291 g/mol. The molecule has 1 unspecified atom stereocenters. The van der Waals surface area contributed by atoms with E-state index in [4.69, 9.17) is 4.74 Å². The average molecular weight is 291 g/mol. The van der Waals surface area contributed by atoms with Crippen molar-refractivity contribution in [2.24, 2.45) is 17.3 Å². The van der Waals surface area contributed by atoms with E-state index >= 15 is 0 Å². The molecule has 0 saturated carbocycles. The van der Waals surface area contributed by atoms with E-state index < -0.39 is 0 Å². The predicted molar refractivity (Wildman–Crippen MR) is 91.7 cm³/mol. The highest BCUT2D eigenvalue weighted by molar-refractivity contribution is 5.27. The Balaban J connectivity index is 2.31. The number of nitrogens with one attached hydrogen (secondary N) is 1. The Bertz CT molecular complexity index is 389. The van der Waals surface area contributed by atoms with Crippen LogP contribution in [0.25, 0.3) is 0 Å². The number of hydrogen-bond donors (Lipinski definition) is 1. The molecule has 1 atom stereocenters. The van der Waals surface area contributed by atoms with Crippen LogP contribution in [0.1, 0.15) is 53.5 Å². The molecule has 0 aliphatic carbocycles. The largest absolute Gasteiger partial charge is 0.494 e. The van der Waals surface area contributed by atoms with Gasteiger partial charge in [0.15, 0.2) is 0 Å². The molecule has 1 aromatic carbocycles. The third kappa shape index (κ3) is 7.52. The molecule has 0 spiro atoms. The van der Waals surface area contributed by atoms with Crippen LogP contribution in [-0.4, -0.2) is 13.2 Å². The van der Waals surface area contributed by atoms with Crippen LogP contribution < -0.4 is 10.1 Å². The van der Waals surface area contributed by atoms with Gasteiger partial charge in [-0.3, -0.25) is 0 Å². The van der Waals surface area contributed by atoms with E-state index in [1.807, 2.05) is 0 Å². The molecular weight excluding hydrogens is 258 g/mol. The van der Waals surface area contributed by atoms with Crippen LogP contribution in [0.15, 0.2) is 24.3 Å². The molecule has 0 bridgehead atoms. The maximum Gasteiger partial charge on any atom is 0.119 e. The van der Waals surface area contributed by atoms with E-state index in [1.165, 1.54) is 5.56 Å². The Hall–Kier alpha value is -1.02. The molecule has 21 heavy (non-hydrogen) atoms. The zero-order valence-electron chi connectivity index (χ0n) is 14.7. The van der Waals surface area contributed by atoms with Crippen molar-refractivity contribution < 1.29 is 4.74 Å². The van der Waals surface area contributed by atoms with Gasteiger partial charge in [-0.1, -0.05) is 53.7 Å². The molecular formula is C19H33NO. The average Bonchev–Trinajstić information content (AvgIpc) is 2.39. The molecule has 0 radical (unpaired) electrons. The third-order valence-electron chi connectivity index (χ3n) is 4.15. The van der Waals surface area contributed by atoms with Crippen molar-refractivity contribution in [3.8, 4) is 5.75 Å². The first kappa shape index (κ1) is 18.0. The summed E-state index contributed by atoms with van der Waals surface area (Å²) >= 11 is 0.